The minimum Gasteiger partial charge on any atom is -0.378 e. The molecule has 0 unspecified atom stereocenters. The van der Waals surface area contributed by atoms with Gasteiger partial charge in [0.2, 0.25) is 5.82 Å². The van der Waals surface area contributed by atoms with Gasteiger partial charge in [-0.3, -0.25) is 30.3 Å². The Morgan fingerprint density at radius 2 is 1.74 bits per heavy atom. The first-order valence-corrected chi connectivity index (χ1v) is 9.34. The monoisotopic (exact) mass is 449 g/mol. The van der Waals surface area contributed by atoms with Gasteiger partial charge in [-0.25, -0.2) is 0 Å². The number of hydrogen-bond acceptors (Lipinski definition) is 8. The van der Waals surface area contributed by atoms with Crippen molar-refractivity contribution in [2.45, 2.75) is 0 Å². The summed E-state index contributed by atoms with van der Waals surface area (Å²) in [6.45, 7) is 1.87. The molecule has 11 nitrogen and oxygen atoms in total. The van der Waals surface area contributed by atoms with Crippen LogP contribution in [0.1, 0.15) is 10.4 Å². The van der Waals surface area contributed by atoms with E-state index in [4.69, 9.17) is 17.0 Å². The van der Waals surface area contributed by atoms with Gasteiger partial charge < -0.3 is 15.0 Å². The van der Waals surface area contributed by atoms with Crippen molar-refractivity contribution < 1.29 is 23.8 Å². The van der Waals surface area contributed by atoms with Crippen molar-refractivity contribution in [3.05, 3.63) is 68.0 Å². The molecule has 0 aromatic heterocycles. The number of anilines is 2. The zero-order chi connectivity index (χ0) is 22.5. The number of nitrogens with zero attached hydrogens (tertiary/aromatic N) is 3. The van der Waals surface area contributed by atoms with Crippen molar-refractivity contribution in [3.63, 3.8) is 0 Å². The molecule has 1 heterocycles. The number of hydrogen-bond donors (Lipinski definition) is 2. The first-order valence-electron chi connectivity index (χ1n) is 8.93. The van der Waals surface area contributed by atoms with Crippen LogP contribution in [0.4, 0.5) is 27.1 Å². The van der Waals surface area contributed by atoms with Crippen LogP contribution in [0.3, 0.4) is 0 Å². The molecule has 2 aromatic rings. The summed E-state index contributed by atoms with van der Waals surface area (Å²) in [6, 6.07) is 7.08. The Hall–Kier alpha value is -3.71. The molecule has 2 N–H and O–H groups in total. The molecule has 1 fully saturated rings. The number of halogens is 1. The molecule has 0 atom stereocenters. The maximum Gasteiger partial charge on any atom is 0.306 e. The van der Waals surface area contributed by atoms with E-state index in [1.807, 2.05) is 0 Å². The number of carbonyl (C=O) groups is 1. The van der Waals surface area contributed by atoms with Gasteiger partial charge in [0.15, 0.2) is 5.11 Å². The minimum absolute atomic E-state index is 0.00190. The van der Waals surface area contributed by atoms with Gasteiger partial charge in [0, 0.05) is 36.5 Å². The van der Waals surface area contributed by atoms with Crippen LogP contribution in [0.25, 0.3) is 0 Å². The third-order valence-electron chi connectivity index (χ3n) is 4.41. The van der Waals surface area contributed by atoms with Crippen LogP contribution in [0.5, 0.6) is 0 Å². The van der Waals surface area contributed by atoms with E-state index in [0.717, 1.165) is 18.2 Å². The number of rotatable bonds is 5. The molecule has 31 heavy (non-hydrogen) atoms. The Morgan fingerprint density at radius 3 is 2.39 bits per heavy atom. The van der Waals surface area contributed by atoms with Gasteiger partial charge >= 0.3 is 5.69 Å². The molecule has 0 radical (unpaired) electrons. The molecule has 1 saturated heterocycles. The van der Waals surface area contributed by atoms with Crippen molar-refractivity contribution in [1.82, 2.24) is 5.32 Å². The fourth-order valence-corrected chi connectivity index (χ4v) is 3.16. The van der Waals surface area contributed by atoms with Crippen molar-refractivity contribution >= 4 is 46.0 Å². The Kier molecular flexibility index (Phi) is 6.67. The molecule has 13 heteroatoms. The van der Waals surface area contributed by atoms with Crippen LogP contribution in [0.2, 0.25) is 0 Å². The number of benzene rings is 2. The van der Waals surface area contributed by atoms with Crippen LogP contribution >= 0.6 is 12.2 Å². The van der Waals surface area contributed by atoms with E-state index >= 15 is 0 Å². The second kappa shape index (κ2) is 9.40. The number of nitro groups is 2. The molecule has 0 spiro atoms. The molecular formula is C18H16FN5O6S. The highest BCUT2D eigenvalue weighted by Gasteiger charge is 2.23. The second-order valence-electron chi connectivity index (χ2n) is 6.39. The summed E-state index contributed by atoms with van der Waals surface area (Å²) < 4.78 is 18.7. The SMILES string of the molecule is O=C(NC(=S)Nc1ccc(F)c([N+](=O)[O-])c1)c1ccc(N2CCOCC2)c([N+](=O)[O-])c1. The molecule has 162 valence electrons. The lowest BCUT2D eigenvalue weighted by molar-refractivity contribution is -0.387. The summed E-state index contributed by atoms with van der Waals surface area (Å²) in [4.78, 5) is 35.1. The number of ether oxygens (including phenoxy) is 1. The van der Waals surface area contributed by atoms with Crippen molar-refractivity contribution in [2.24, 2.45) is 0 Å². The van der Waals surface area contributed by atoms with Gasteiger partial charge in [-0.05, 0) is 36.5 Å². The molecule has 0 aliphatic carbocycles. The van der Waals surface area contributed by atoms with Gasteiger partial charge in [-0.2, -0.15) is 4.39 Å². The van der Waals surface area contributed by atoms with E-state index in [0.29, 0.717) is 32.0 Å². The zero-order valence-corrected chi connectivity index (χ0v) is 16.7. The third-order valence-corrected chi connectivity index (χ3v) is 4.62. The molecule has 1 aliphatic rings. The van der Waals surface area contributed by atoms with E-state index in [9.17, 15) is 29.4 Å². The predicted molar refractivity (Wildman–Crippen MR) is 113 cm³/mol. The topological polar surface area (TPSA) is 140 Å². The fraction of sp³-hybridized carbons (Fsp3) is 0.222. The smallest absolute Gasteiger partial charge is 0.306 e. The maximum absolute atomic E-state index is 13.4. The summed E-state index contributed by atoms with van der Waals surface area (Å²) in [5, 5.41) is 27.0. The third kappa shape index (κ3) is 5.26. The highest BCUT2D eigenvalue weighted by Crippen LogP contribution is 2.30. The lowest BCUT2D eigenvalue weighted by Gasteiger charge is -2.28. The standard InChI is InChI=1S/C18H16FN5O6S/c19-13-3-2-12(10-15(13)23(26)27)20-18(31)21-17(25)11-1-4-14(16(9-11)24(28)29)22-5-7-30-8-6-22/h1-4,9-10H,5-8H2,(H2,20,21,25,31). The molecule has 3 rings (SSSR count). The second-order valence-corrected chi connectivity index (χ2v) is 6.80. The van der Waals surface area contributed by atoms with Crippen LogP contribution in [0.15, 0.2) is 36.4 Å². The van der Waals surface area contributed by atoms with Crippen molar-refractivity contribution in [3.8, 4) is 0 Å². The molecule has 0 bridgehead atoms. The Balaban J connectivity index is 1.73. The number of thiocarbonyl (C=S) groups is 1. The number of carbonyl (C=O) groups excluding carboxylic acids is 1. The van der Waals surface area contributed by atoms with Gasteiger partial charge in [-0.15, -0.1) is 0 Å². The Bertz CT molecular complexity index is 1060. The van der Waals surface area contributed by atoms with Crippen molar-refractivity contribution in [2.75, 3.05) is 36.5 Å². The highest BCUT2D eigenvalue weighted by atomic mass is 32.1. The highest BCUT2D eigenvalue weighted by molar-refractivity contribution is 7.80. The number of nitrogens with one attached hydrogen (secondary N) is 2. The minimum atomic E-state index is -1.02. The summed E-state index contributed by atoms with van der Waals surface area (Å²) in [5.74, 6) is -1.73. The zero-order valence-electron chi connectivity index (χ0n) is 15.9. The summed E-state index contributed by atoms with van der Waals surface area (Å²) in [5.41, 5.74) is -0.523. The van der Waals surface area contributed by atoms with Gasteiger partial charge in [0.1, 0.15) is 5.69 Å². The number of amides is 1. The van der Waals surface area contributed by atoms with E-state index in [2.05, 4.69) is 10.6 Å². The molecule has 0 saturated carbocycles. The summed E-state index contributed by atoms with van der Waals surface area (Å²) >= 11 is 5.00. The average molecular weight is 449 g/mol. The largest absolute Gasteiger partial charge is 0.378 e. The first-order chi connectivity index (χ1) is 14.8. The molecular weight excluding hydrogens is 433 g/mol. The quantitative estimate of drug-likeness (QED) is 0.400. The Morgan fingerprint density at radius 1 is 1.06 bits per heavy atom. The number of nitro benzene ring substituents is 2. The fourth-order valence-electron chi connectivity index (χ4n) is 2.95. The van der Waals surface area contributed by atoms with E-state index in [-0.39, 0.29) is 22.1 Å². The molecule has 1 aliphatic heterocycles. The van der Waals surface area contributed by atoms with Gasteiger partial charge in [0.05, 0.1) is 23.1 Å². The lowest BCUT2D eigenvalue weighted by atomic mass is 10.1. The normalized spacial score (nSPS) is 13.4. The van der Waals surface area contributed by atoms with E-state index < -0.39 is 27.3 Å². The number of morpholine rings is 1. The van der Waals surface area contributed by atoms with Crippen LogP contribution in [-0.2, 0) is 4.74 Å². The predicted octanol–water partition coefficient (Wildman–Crippen LogP) is 2.61. The van der Waals surface area contributed by atoms with Crippen LogP contribution in [0, 0.1) is 26.0 Å². The maximum atomic E-state index is 13.4. The van der Waals surface area contributed by atoms with Gasteiger partial charge in [0.25, 0.3) is 11.6 Å². The van der Waals surface area contributed by atoms with Crippen LogP contribution < -0.4 is 15.5 Å². The van der Waals surface area contributed by atoms with E-state index in [1.54, 1.807) is 4.90 Å². The lowest BCUT2D eigenvalue weighted by Crippen LogP contribution is -2.37. The average Bonchev–Trinajstić information content (AvgIpc) is 2.75. The summed E-state index contributed by atoms with van der Waals surface area (Å²) in [6.07, 6.45) is 0. The van der Waals surface area contributed by atoms with Gasteiger partial charge in [-0.1, -0.05) is 0 Å². The summed E-state index contributed by atoms with van der Waals surface area (Å²) in [7, 11) is 0. The molecule has 2 aromatic carbocycles. The van der Waals surface area contributed by atoms with E-state index in [1.165, 1.54) is 18.2 Å². The van der Waals surface area contributed by atoms with Crippen molar-refractivity contribution in [1.29, 1.82) is 0 Å². The Labute approximate surface area is 180 Å². The first kappa shape index (κ1) is 22.0. The van der Waals surface area contributed by atoms with Crippen LogP contribution in [-0.4, -0.2) is 47.2 Å². The molecule has 1 amide bonds.